The van der Waals surface area contributed by atoms with E-state index in [1.165, 1.54) is 6.07 Å². The predicted molar refractivity (Wildman–Crippen MR) is 83.0 cm³/mol. The number of nitrogens with one attached hydrogen (secondary N) is 1. The third-order valence-corrected chi connectivity index (χ3v) is 4.27. The van der Waals surface area contributed by atoms with Crippen molar-refractivity contribution in [1.82, 2.24) is 15.1 Å². The number of carbonyl (C=O) groups is 1. The molecule has 2 atom stereocenters. The summed E-state index contributed by atoms with van der Waals surface area (Å²) in [4.78, 5) is 12.5. The summed E-state index contributed by atoms with van der Waals surface area (Å²) >= 11 is 0. The van der Waals surface area contributed by atoms with Crippen molar-refractivity contribution in [1.29, 1.82) is 0 Å². The molecule has 0 spiro atoms. The minimum atomic E-state index is -0.266. The Hall–Kier alpha value is -2.21. The quantitative estimate of drug-likeness (QED) is 0.941. The van der Waals surface area contributed by atoms with Crippen LogP contribution < -0.4 is 5.32 Å². The summed E-state index contributed by atoms with van der Waals surface area (Å²) in [6.07, 6.45) is 2.12. The number of halogens is 1. The maximum absolute atomic E-state index is 13.3. The van der Waals surface area contributed by atoms with Gasteiger partial charge in [-0.1, -0.05) is 12.1 Å². The van der Waals surface area contributed by atoms with E-state index in [4.69, 9.17) is 4.74 Å². The molecule has 1 N–H and O–H groups in total. The van der Waals surface area contributed by atoms with Gasteiger partial charge in [0.15, 0.2) is 0 Å². The summed E-state index contributed by atoms with van der Waals surface area (Å²) in [6, 6.07) is 6.74. The SMILES string of the molecule is Cc1cc(CNC(=O)[C@@H]2CCO[C@H]2c2ccnn2C)ccc1F. The number of amides is 1. The fraction of sp³-hybridized carbons (Fsp3) is 0.412. The van der Waals surface area contributed by atoms with Crippen LogP contribution in [0.2, 0.25) is 0 Å². The van der Waals surface area contributed by atoms with Crippen LogP contribution in [0.15, 0.2) is 30.5 Å². The molecule has 6 heteroatoms. The van der Waals surface area contributed by atoms with E-state index in [0.29, 0.717) is 25.1 Å². The molecule has 1 amide bonds. The largest absolute Gasteiger partial charge is 0.371 e. The Kier molecular flexibility index (Phi) is 4.43. The number of aromatic nitrogens is 2. The number of carbonyl (C=O) groups excluding carboxylic acids is 1. The van der Waals surface area contributed by atoms with Crippen LogP contribution in [-0.2, 0) is 23.1 Å². The van der Waals surface area contributed by atoms with Gasteiger partial charge in [-0.05, 0) is 36.6 Å². The standard InChI is InChI=1S/C17H20FN3O2/c1-11-9-12(3-4-14(11)18)10-19-17(22)13-6-8-23-16(13)15-5-7-20-21(15)2/h3-5,7,9,13,16H,6,8,10H2,1-2H3,(H,19,22)/t13-,16-/m1/s1. The van der Waals surface area contributed by atoms with E-state index < -0.39 is 0 Å². The van der Waals surface area contributed by atoms with Gasteiger partial charge in [-0.25, -0.2) is 4.39 Å². The molecule has 1 aromatic heterocycles. The zero-order valence-electron chi connectivity index (χ0n) is 13.3. The Labute approximate surface area is 134 Å². The summed E-state index contributed by atoms with van der Waals surface area (Å²) in [5.41, 5.74) is 2.36. The molecule has 122 valence electrons. The second-order valence-corrected chi connectivity index (χ2v) is 5.87. The minimum Gasteiger partial charge on any atom is -0.371 e. The van der Waals surface area contributed by atoms with Crippen molar-refractivity contribution < 1.29 is 13.9 Å². The van der Waals surface area contributed by atoms with Crippen LogP contribution in [0.5, 0.6) is 0 Å². The molecule has 1 aromatic carbocycles. The Morgan fingerprint density at radius 1 is 1.48 bits per heavy atom. The van der Waals surface area contributed by atoms with Crippen molar-refractivity contribution in [2.24, 2.45) is 13.0 Å². The van der Waals surface area contributed by atoms with Gasteiger partial charge in [0.05, 0.1) is 11.6 Å². The number of aryl methyl sites for hydroxylation is 2. The summed E-state index contributed by atoms with van der Waals surface area (Å²) < 4.78 is 20.7. The van der Waals surface area contributed by atoms with Gasteiger partial charge in [-0.2, -0.15) is 5.10 Å². The summed E-state index contributed by atoms with van der Waals surface area (Å²) in [5.74, 6) is -0.511. The maximum atomic E-state index is 13.3. The Balaban J connectivity index is 1.65. The van der Waals surface area contributed by atoms with Crippen molar-refractivity contribution in [2.75, 3.05) is 6.61 Å². The summed E-state index contributed by atoms with van der Waals surface area (Å²) in [5, 5.41) is 7.06. The number of rotatable bonds is 4. The van der Waals surface area contributed by atoms with Crippen LogP contribution in [-0.4, -0.2) is 22.3 Å². The molecule has 0 unspecified atom stereocenters. The molecule has 1 saturated heterocycles. The Morgan fingerprint density at radius 3 is 3.00 bits per heavy atom. The van der Waals surface area contributed by atoms with Crippen LogP contribution in [0, 0.1) is 18.7 Å². The molecule has 1 aliphatic heterocycles. The van der Waals surface area contributed by atoms with Crippen molar-refractivity contribution in [3.63, 3.8) is 0 Å². The Morgan fingerprint density at radius 2 is 2.30 bits per heavy atom. The lowest BCUT2D eigenvalue weighted by molar-refractivity contribution is -0.127. The summed E-state index contributed by atoms with van der Waals surface area (Å²) in [7, 11) is 1.84. The van der Waals surface area contributed by atoms with Gasteiger partial charge in [0.25, 0.3) is 0 Å². The number of hydrogen-bond donors (Lipinski definition) is 1. The van der Waals surface area contributed by atoms with Gasteiger partial charge >= 0.3 is 0 Å². The van der Waals surface area contributed by atoms with Gasteiger partial charge in [0.2, 0.25) is 5.91 Å². The van der Waals surface area contributed by atoms with E-state index in [1.54, 1.807) is 29.9 Å². The van der Waals surface area contributed by atoms with E-state index in [1.807, 2.05) is 13.1 Å². The summed E-state index contributed by atoms with van der Waals surface area (Å²) in [6.45, 7) is 2.65. The Bertz CT molecular complexity index is 714. The van der Waals surface area contributed by atoms with E-state index in [2.05, 4.69) is 10.4 Å². The van der Waals surface area contributed by atoms with Crippen LogP contribution in [0.1, 0.15) is 29.3 Å². The van der Waals surface area contributed by atoms with Crippen molar-refractivity contribution in [3.8, 4) is 0 Å². The second-order valence-electron chi connectivity index (χ2n) is 5.87. The van der Waals surface area contributed by atoms with E-state index >= 15 is 0 Å². The van der Waals surface area contributed by atoms with E-state index in [9.17, 15) is 9.18 Å². The van der Waals surface area contributed by atoms with Gasteiger partial charge in [0.1, 0.15) is 11.9 Å². The molecule has 2 heterocycles. The van der Waals surface area contributed by atoms with E-state index in [0.717, 1.165) is 11.3 Å². The third kappa shape index (κ3) is 3.27. The molecule has 0 aliphatic carbocycles. The average molecular weight is 317 g/mol. The highest BCUT2D eigenvalue weighted by Gasteiger charge is 2.36. The second kappa shape index (κ2) is 6.50. The molecule has 5 nitrogen and oxygen atoms in total. The highest BCUT2D eigenvalue weighted by Crippen LogP contribution is 2.34. The number of hydrogen-bond acceptors (Lipinski definition) is 3. The molecule has 0 saturated carbocycles. The molecular weight excluding hydrogens is 297 g/mol. The van der Waals surface area contributed by atoms with Gasteiger partial charge < -0.3 is 10.1 Å². The third-order valence-electron chi connectivity index (χ3n) is 4.27. The highest BCUT2D eigenvalue weighted by atomic mass is 19.1. The molecule has 0 bridgehead atoms. The lowest BCUT2D eigenvalue weighted by atomic mass is 9.98. The lowest BCUT2D eigenvalue weighted by Gasteiger charge is -2.18. The first-order valence-corrected chi connectivity index (χ1v) is 7.68. The zero-order chi connectivity index (χ0) is 16.4. The molecule has 2 aromatic rings. The first kappa shape index (κ1) is 15.7. The number of ether oxygens (including phenoxy) is 1. The van der Waals surface area contributed by atoms with Crippen LogP contribution in [0.25, 0.3) is 0 Å². The maximum Gasteiger partial charge on any atom is 0.226 e. The topological polar surface area (TPSA) is 56.1 Å². The monoisotopic (exact) mass is 317 g/mol. The fourth-order valence-electron chi connectivity index (χ4n) is 2.95. The molecule has 0 radical (unpaired) electrons. The van der Waals surface area contributed by atoms with Crippen molar-refractivity contribution >= 4 is 5.91 Å². The van der Waals surface area contributed by atoms with Crippen molar-refractivity contribution in [3.05, 3.63) is 53.1 Å². The van der Waals surface area contributed by atoms with Crippen LogP contribution >= 0.6 is 0 Å². The molecule has 23 heavy (non-hydrogen) atoms. The van der Waals surface area contributed by atoms with Crippen molar-refractivity contribution in [2.45, 2.75) is 26.0 Å². The van der Waals surface area contributed by atoms with Crippen LogP contribution in [0.3, 0.4) is 0 Å². The lowest BCUT2D eigenvalue weighted by Crippen LogP contribution is -2.32. The van der Waals surface area contributed by atoms with Gasteiger partial charge in [0, 0.05) is 26.4 Å². The normalized spacial score (nSPS) is 20.7. The molecule has 1 aliphatic rings. The fourth-order valence-corrected chi connectivity index (χ4v) is 2.95. The first-order chi connectivity index (χ1) is 11.1. The van der Waals surface area contributed by atoms with E-state index in [-0.39, 0.29) is 23.7 Å². The van der Waals surface area contributed by atoms with Crippen LogP contribution in [0.4, 0.5) is 4.39 Å². The zero-order valence-corrected chi connectivity index (χ0v) is 13.3. The average Bonchev–Trinajstić information content (AvgIpc) is 3.16. The predicted octanol–water partition coefficient (Wildman–Crippen LogP) is 2.26. The highest BCUT2D eigenvalue weighted by molar-refractivity contribution is 5.79. The molecule has 3 rings (SSSR count). The minimum absolute atomic E-state index is 0.0457. The first-order valence-electron chi connectivity index (χ1n) is 7.68. The molecule has 1 fully saturated rings. The smallest absolute Gasteiger partial charge is 0.226 e. The molecular formula is C17H20FN3O2. The van der Waals surface area contributed by atoms with Gasteiger partial charge in [-0.3, -0.25) is 9.48 Å². The number of nitrogens with zero attached hydrogens (tertiary/aromatic N) is 2. The van der Waals surface area contributed by atoms with Gasteiger partial charge in [-0.15, -0.1) is 0 Å². The number of benzene rings is 1.